The summed E-state index contributed by atoms with van der Waals surface area (Å²) in [5, 5.41) is 0. The third-order valence-electron chi connectivity index (χ3n) is 0.933. The zero-order valence-corrected chi connectivity index (χ0v) is 7.72. The molecular weight excluding hydrogens is 182 g/mol. The smallest absolute Gasteiger partial charge is 1.00 e. The van der Waals surface area contributed by atoms with Crippen LogP contribution in [-0.2, 0) is 0 Å². The monoisotopic (exact) mass is 190 g/mol. The van der Waals surface area contributed by atoms with E-state index in [-0.39, 0.29) is 18.9 Å². The van der Waals surface area contributed by atoms with Crippen LogP contribution in [0.25, 0.3) is 0 Å². The average Bonchev–Trinajstić information content (AvgIpc) is 1.91. The summed E-state index contributed by atoms with van der Waals surface area (Å²) in [6.07, 6.45) is 0. The summed E-state index contributed by atoms with van der Waals surface area (Å²) in [5.41, 5.74) is 0. The molecule has 0 N–H and O–H groups in total. The van der Waals surface area contributed by atoms with Crippen LogP contribution in [0.3, 0.4) is 0 Å². The average molecular weight is 189 g/mol. The Bertz CT molecular complexity index is 184. The molecule has 0 heterocycles. The van der Waals surface area contributed by atoms with E-state index in [4.69, 9.17) is 0 Å². The van der Waals surface area contributed by atoms with Gasteiger partial charge < -0.3 is 0 Å². The second-order valence-electron chi connectivity index (χ2n) is 1.56. The standard InChI is InChI=1S/C8H7Se.Li/c1-2-9-8-6-4-3-5-7-8;/h3-7H,1H2;/q-1;+1. The van der Waals surface area contributed by atoms with Gasteiger partial charge in [-0.1, -0.05) is 0 Å². The van der Waals surface area contributed by atoms with Crippen molar-refractivity contribution in [2.45, 2.75) is 0 Å². The first-order valence-electron chi connectivity index (χ1n) is 2.67. The summed E-state index contributed by atoms with van der Waals surface area (Å²) in [4.78, 5) is 2.90. The zero-order chi connectivity index (χ0) is 6.53. The Kier molecular flexibility index (Phi) is 5.88. The van der Waals surface area contributed by atoms with E-state index in [0.29, 0.717) is 15.0 Å². The van der Waals surface area contributed by atoms with Gasteiger partial charge in [-0.3, -0.25) is 0 Å². The molecule has 0 aliphatic rings. The van der Waals surface area contributed by atoms with Gasteiger partial charge in [-0.05, 0) is 0 Å². The normalized spacial score (nSPS) is 8.00. The molecule has 0 nitrogen and oxygen atoms in total. The molecule has 10 heavy (non-hydrogen) atoms. The van der Waals surface area contributed by atoms with E-state index >= 15 is 0 Å². The van der Waals surface area contributed by atoms with Crippen molar-refractivity contribution in [3.05, 3.63) is 41.9 Å². The Hall–Kier alpha value is 0.0769. The molecular formula is C8H7LiSe. The van der Waals surface area contributed by atoms with Crippen molar-refractivity contribution in [3.63, 3.8) is 0 Å². The van der Waals surface area contributed by atoms with Gasteiger partial charge in [-0.15, -0.1) is 0 Å². The fourth-order valence-corrected chi connectivity index (χ4v) is 1.54. The van der Waals surface area contributed by atoms with Crippen LogP contribution in [0.1, 0.15) is 0 Å². The summed E-state index contributed by atoms with van der Waals surface area (Å²) in [5.74, 6) is 0. The van der Waals surface area contributed by atoms with Crippen molar-refractivity contribution in [2.24, 2.45) is 0 Å². The van der Waals surface area contributed by atoms with Crippen LogP contribution in [0.2, 0.25) is 0 Å². The van der Waals surface area contributed by atoms with E-state index in [1.54, 1.807) is 0 Å². The minimum absolute atomic E-state index is 0. The van der Waals surface area contributed by atoms with Gasteiger partial charge in [-0.2, -0.15) is 0 Å². The maximum absolute atomic E-state index is 3.56. The van der Waals surface area contributed by atoms with Crippen molar-refractivity contribution in [1.82, 2.24) is 0 Å². The molecule has 0 saturated heterocycles. The largest absolute Gasteiger partial charge is 1.00 e. The fourth-order valence-electron chi connectivity index (χ4n) is 0.572. The van der Waals surface area contributed by atoms with E-state index in [2.05, 4.69) is 23.7 Å². The van der Waals surface area contributed by atoms with Gasteiger partial charge in [0, 0.05) is 0 Å². The molecule has 1 aromatic rings. The van der Waals surface area contributed by atoms with Crippen LogP contribution in [0.15, 0.2) is 36.9 Å². The Morgan fingerprint density at radius 1 is 1.20 bits per heavy atom. The van der Waals surface area contributed by atoms with Gasteiger partial charge in [0.15, 0.2) is 0 Å². The fraction of sp³-hybridized carbons (Fsp3) is 0. The topological polar surface area (TPSA) is 0 Å². The van der Waals surface area contributed by atoms with Crippen LogP contribution in [0.5, 0.6) is 0 Å². The van der Waals surface area contributed by atoms with Gasteiger partial charge in [0.1, 0.15) is 0 Å². The molecule has 0 amide bonds. The van der Waals surface area contributed by atoms with E-state index in [1.807, 2.05) is 18.2 Å². The summed E-state index contributed by atoms with van der Waals surface area (Å²) in [7, 11) is 0. The number of hydrogen-bond donors (Lipinski definition) is 0. The number of rotatable bonds is 2. The molecule has 0 aliphatic heterocycles. The van der Waals surface area contributed by atoms with E-state index in [1.165, 1.54) is 4.46 Å². The molecule has 0 radical (unpaired) electrons. The zero-order valence-electron chi connectivity index (χ0n) is 6.00. The summed E-state index contributed by atoms with van der Waals surface area (Å²) < 4.78 is 1.33. The Balaban J connectivity index is 0.000000810. The van der Waals surface area contributed by atoms with E-state index in [0.717, 1.165) is 0 Å². The molecule has 46 valence electrons. The van der Waals surface area contributed by atoms with Crippen molar-refractivity contribution >= 4 is 19.4 Å². The molecule has 0 aliphatic carbocycles. The maximum Gasteiger partial charge on any atom is 1.00 e. The molecule has 0 fully saturated rings. The van der Waals surface area contributed by atoms with E-state index < -0.39 is 0 Å². The molecule has 0 bridgehead atoms. The molecule has 0 saturated carbocycles. The quantitative estimate of drug-likeness (QED) is 0.371. The van der Waals surface area contributed by atoms with Crippen LogP contribution in [-0.4, -0.2) is 15.0 Å². The SMILES string of the molecule is C=[C-][Se]c1ccccc1.[Li+]. The first-order chi connectivity index (χ1) is 4.43. The Labute approximate surface area is 80.0 Å². The predicted molar refractivity (Wildman–Crippen MR) is 40.7 cm³/mol. The molecule has 1 aromatic carbocycles. The molecule has 0 atom stereocenters. The second-order valence-corrected chi connectivity index (χ2v) is 3.58. The van der Waals surface area contributed by atoms with E-state index in [9.17, 15) is 0 Å². The van der Waals surface area contributed by atoms with Crippen molar-refractivity contribution in [1.29, 1.82) is 0 Å². The summed E-state index contributed by atoms with van der Waals surface area (Å²) >= 11 is 0.348. The van der Waals surface area contributed by atoms with Gasteiger partial charge in [0.2, 0.25) is 0 Å². The first kappa shape index (κ1) is 10.1. The maximum atomic E-state index is 3.56. The van der Waals surface area contributed by atoms with Crippen LogP contribution in [0.4, 0.5) is 0 Å². The third kappa shape index (κ3) is 3.30. The predicted octanol–water partition coefficient (Wildman–Crippen LogP) is -2.03. The van der Waals surface area contributed by atoms with Crippen molar-refractivity contribution in [2.75, 3.05) is 0 Å². The van der Waals surface area contributed by atoms with Gasteiger partial charge in [0.05, 0.1) is 0 Å². The number of hydrogen-bond acceptors (Lipinski definition) is 0. The number of benzene rings is 1. The summed E-state index contributed by atoms with van der Waals surface area (Å²) in [6.45, 7) is 3.56. The minimum Gasteiger partial charge on any atom is 1.00 e. The molecule has 1 rings (SSSR count). The van der Waals surface area contributed by atoms with Crippen molar-refractivity contribution in [3.8, 4) is 0 Å². The van der Waals surface area contributed by atoms with Crippen LogP contribution >= 0.6 is 0 Å². The van der Waals surface area contributed by atoms with Gasteiger partial charge in [-0.25, -0.2) is 0 Å². The Morgan fingerprint density at radius 2 is 1.80 bits per heavy atom. The molecule has 2 heteroatoms. The Morgan fingerprint density at radius 3 is 2.30 bits per heavy atom. The van der Waals surface area contributed by atoms with Gasteiger partial charge in [0.25, 0.3) is 0 Å². The van der Waals surface area contributed by atoms with Crippen LogP contribution in [0, 0.1) is 4.97 Å². The summed E-state index contributed by atoms with van der Waals surface area (Å²) in [6, 6.07) is 10.3. The first-order valence-corrected chi connectivity index (χ1v) is 4.39. The molecule has 0 unspecified atom stereocenters. The van der Waals surface area contributed by atoms with Crippen LogP contribution < -0.4 is 23.3 Å². The van der Waals surface area contributed by atoms with Crippen molar-refractivity contribution < 1.29 is 18.9 Å². The molecule has 0 spiro atoms. The third-order valence-corrected chi connectivity index (χ3v) is 2.30. The minimum atomic E-state index is 0. The second kappa shape index (κ2) is 5.83. The van der Waals surface area contributed by atoms with Gasteiger partial charge >= 0.3 is 80.2 Å². The molecule has 0 aromatic heterocycles.